The van der Waals surface area contributed by atoms with Gasteiger partial charge in [-0.15, -0.1) is 0 Å². The Morgan fingerprint density at radius 1 is 1.05 bits per heavy atom. The molecule has 3 aliphatic rings. The highest BCUT2D eigenvalue weighted by molar-refractivity contribution is 5.98. The summed E-state index contributed by atoms with van der Waals surface area (Å²) in [6, 6.07) is 6.06. The van der Waals surface area contributed by atoms with Crippen LogP contribution in [0.4, 0.5) is 0 Å². The zero-order chi connectivity index (χ0) is 14.4. The molecule has 0 N–H and O–H groups in total. The Bertz CT molecular complexity index is 597. The summed E-state index contributed by atoms with van der Waals surface area (Å²) in [4.78, 5) is 26.3. The Hall–Kier alpha value is -1.64. The number of ketones is 1. The Morgan fingerprint density at radius 2 is 1.81 bits per heavy atom. The monoisotopic (exact) mass is 283 g/mol. The third-order valence-corrected chi connectivity index (χ3v) is 5.32. The summed E-state index contributed by atoms with van der Waals surface area (Å²) in [5.74, 6) is 1.81. The Balaban J connectivity index is 1.34. The van der Waals surface area contributed by atoms with Gasteiger partial charge in [0.15, 0.2) is 5.78 Å². The lowest BCUT2D eigenvalue weighted by molar-refractivity contribution is -0.130. The van der Waals surface area contributed by atoms with E-state index in [4.69, 9.17) is 0 Å². The molecule has 1 saturated heterocycles. The molecule has 2 fully saturated rings. The third-order valence-electron chi connectivity index (χ3n) is 5.32. The van der Waals surface area contributed by atoms with Crippen LogP contribution in [-0.2, 0) is 17.6 Å². The largest absolute Gasteiger partial charge is 0.342 e. The first-order valence-corrected chi connectivity index (χ1v) is 8.13. The van der Waals surface area contributed by atoms with Crippen molar-refractivity contribution in [2.75, 3.05) is 13.1 Å². The van der Waals surface area contributed by atoms with Crippen molar-refractivity contribution < 1.29 is 9.59 Å². The van der Waals surface area contributed by atoms with E-state index in [1.807, 2.05) is 17.0 Å². The number of carbonyl (C=O) groups excluding carboxylic acids is 2. The van der Waals surface area contributed by atoms with Crippen LogP contribution in [0.3, 0.4) is 0 Å². The molecule has 1 aromatic rings. The number of hydrogen-bond acceptors (Lipinski definition) is 2. The molecule has 21 heavy (non-hydrogen) atoms. The maximum absolute atomic E-state index is 12.3. The zero-order valence-corrected chi connectivity index (χ0v) is 12.3. The van der Waals surface area contributed by atoms with Crippen LogP contribution in [0.25, 0.3) is 0 Å². The van der Waals surface area contributed by atoms with E-state index in [9.17, 15) is 9.59 Å². The van der Waals surface area contributed by atoms with Gasteiger partial charge in [-0.3, -0.25) is 9.59 Å². The van der Waals surface area contributed by atoms with Gasteiger partial charge in [-0.05, 0) is 54.7 Å². The van der Waals surface area contributed by atoms with Crippen molar-refractivity contribution in [3.8, 4) is 0 Å². The van der Waals surface area contributed by atoms with E-state index in [-0.39, 0.29) is 11.7 Å². The maximum Gasteiger partial charge on any atom is 0.223 e. The number of nitrogens with zero attached hydrogens (tertiary/aromatic N) is 1. The molecular formula is C18H21NO2. The lowest BCUT2D eigenvalue weighted by atomic mass is 10.0. The highest BCUT2D eigenvalue weighted by Crippen LogP contribution is 2.45. The van der Waals surface area contributed by atoms with E-state index >= 15 is 0 Å². The Labute approximate surface area is 125 Å². The van der Waals surface area contributed by atoms with E-state index in [0.29, 0.717) is 12.8 Å². The van der Waals surface area contributed by atoms with E-state index in [2.05, 4.69) is 6.07 Å². The molecule has 1 aliphatic heterocycles. The average molecular weight is 283 g/mol. The van der Waals surface area contributed by atoms with Gasteiger partial charge in [-0.1, -0.05) is 12.1 Å². The van der Waals surface area contributed by atoms with Crippen LogP contribution < -0.4 is 0 Å². The molecule has 0 aromatic heterocycles. The SMILES string of the molecule is O=C(CCC(=O)N1CC2CC2C1)c1ccc2c(c1)CCC2. The molecule has 1 amide bonds. The van der Waals surface area contributed by atoms with Crippen LogP contribution in [0.1, 0.15) is 47.2 Å². The molecule has 3 heteroatoms. The number of aryl methyl sites for hydroxylation is 2. The molecule has 1 saturated carbocycles. The molecule has 1 heterocycles. The molecule has 0 bridgehead atoms. The number of carbonyl (C=O) groups is 2. The van der Waals surface area contributed by atoms with Gasteiger partial charge in [0, 0.05) is 31.5 Å². The maximum atomic E-state index is 12.3. The van der Waals surface area contributed by atoms with Crippen molar-refractivity contribution in [2.45, 2.75) is 38.5 Å². The topological polar surface area (TPSA) is 37.4 Å². The fraction of sp³-hybridized carbons (Fsp3) is 0.556. The molecule has 1 aromatic carbocycles. The first-order chi connectivity index (χ1) is 10.2. The molecule has 3 nitrogen and oxygen atoms in total. The number of likely N-dealkylation sites (tertiary alicyclic amines) is 1. The number of piperidine rings is 1. The van der Waals surface area contributed by atoms with Gasteiger partial charge >= 0.3 is 0 Å². The summed E-state index contributed by atoms with van der Waals surface area (Å²) in [5.41, 5.74) is 3.50. The summed E-state index contributed by atoms with van der Waals surface area (Å²) in [6.45, 7) is 1.85. The predicted molar refractivity (Wildman–Crippen MR) is 80.2 cm³/mol. The van der Waals surface area contributed by atoms with Crippen molar-refractivity contribution in [1.29, 1.82) is 0 Å². The first-order valence-electron chi connectivity index (χ1n) is 8.13. The minimum absolute atomic E-state index is 0.113. The molecule has 2 unspecified atom stereocenters. The fourth-order valence-corrected chi connectivity index (χ4v) is 3.87. The number of amides is 1. The van der Waals surface area contributed by atoms with Gasteiger partial charge in [-0.2, -0.15) is 0 Å². The number of fused-ring (bicyclic) bond motifs is 2. The third kappa shape index (κ3) is 2.50. The lowest BCUT2D eigenvalue weighted by Gasteiger charge is -2.17. The minimum Gasteiger partial charge on any atom is -0.342 e. The quantitative estimate of drug-likeness (QED) is 0.797. The second-order valence-electron chi connectivity index (χ2n) is 6.81. The second-order valence-corrected chi connectivity index (χ2v) is 6.81. The number of benzene rings is 1. The Morgan fingerprint density at radius 3 is 2.62 bits per heavy atom. The summed E-state index contributed by atoms with van der Waals surface area (Å²) in [7, 11) is 0. The summed E-state index contributed by atoms with van der Waals surface area (Å²) >= 11 is 0. The highest BCUT2D eigenvalue weighted by Gasteiger charge is 2.46. The molecular weight excluding hydrogens is 262 g/mol. The van der Waals surface area contributed by atoms with Crippen molar-refractivity contribution in [3.05, 3.63) is 34.9 Å². The van der Waals surface area contributed by atoms with Crippen molar-refractivity contribution in [3.63, 3.8) is 0 Å². The summed E-state index contributed by atoms with van der Waals surface area (Å²) in [5, 5.41) is 0. The van der Waals surface area contributed by atoms with Gasteiger partial charge in [0.25, 0.3) is 0 Å². The van der Waals surface area contributed by atoms with E-state index in [1.54, 1.807) is 0 Å². The summed E-state index contributed by atoms with van der Waals surface area (Å²) in [6.07, 6.45) is 5.45. The average Bonchev–Trinajstić information content (AvgIpc) is 2.92. The van der Waals surface area contributed by atoms with Crippen LogP contribution in [0, 0.1) is 11.8 Å². The zero-order valence-electron chi connectivity index (χ0n) is 12.3. The Kier molecular flexibility index (Phi) is 3.09. The van der Waals surface area contributed by atoms with Crippen molar-refractivity contribution in [2.24, 2.45) is 11.8 Å². The van der Waals surface area contributed by atoms with Gasteiger partial charge < -0.3 is 4.90 Å². The normalized spacial score (nSPS) is 25.6. The van der Waals surface area contributed by atoms with E-state index < -0.39 is 0 Å². The highest BCUT2D eigenvalue weighted by atomic mass is 16.2. The molecule has 0 spiro atoms. The van der Waals surface area contributed by atoms with Crippen molar-refractivity contribution >= 4 is 11.7 Å². The van der Waals surface area contributed by atoms with Crippen LogP contribution in [0.5, 0.6) is 0 Å². The minimum atomic E-state index is 0.113. The molecule has 110 valence electrons. The number of hydrogen-bond donors (Lipinski definition) is 0. The van der Waals surface area contributed by atoms with Gasteiger partial charge in [-0.25, -0.2) is 0 Å². The van der Waals surface area contributed by atoms with Crippen molar-refractivity contribution in [1.82, 2.24) is 4.90 Å². The fourth-order valence-electron chi connectivity index (χ4n) is 3.87. The number of Topliss-reactive ketones (excluding diaryl/α,β-unsaturated/α-hetero) is 1. The van der Waals surface area contributed by atoms with Crippen LogP contribution in [0.15, 0.2) is 18.2 Å². The predicted octanol–water partition coefficient (Wildman–Crippen LogP) is 2.62. The smallest absolute Gasteiger partial charge is 0.223 e. The van der Waals surface area contributed by atoms with Gasteiger partial charge in [0.2, 0.25) is 5.91 Å². The van der Waals surface area contributed by atoms with Crippen LogP contribution in [0.2, 0.25) is 0 Å². The molecule has 2 atom stereocenters. The lowest BCUT2D eigenvalue weighted by Crippen LogP contribution is -2.30. The van der Waals surface area contributed by atoms with Gasteiger partial charge in [0.05, 0.1) is 0 Å². The van der Waals surface area contributed by atoms with Gasteiger partial charge in [0.1, 0.15) is 0 Å². The number of rotatable bonds is 4. The summed E-state index contributed by atoms with van der Waals surface area (Å²) < 4.78 is 0. The van der Waals surface area contributed by atoms with E-state index in [0.717, 1.165) is 43.3 Å². The second kappa shape index (κ2) is 4.97. The standard InChI is InChI=1S/C18H21NO2/c20-17(14-5-4-12-2-1-3-13(12)8-14)6-7-18(21)19-10-15-9-16(15)11-19/h4-5,8,15-16H,1-3,6-7,9-11H2. The van der Waals surface area contributed by atoms with E-state index in [1.165, 1.54) is 24.0 Å². The molecule has 2 aliphatic carbocycles. The molecule has 4 rings (SSSR count). The van der Waals surface area contributed by atoms with Crippen LogP contribution in [-0.4, -0.2) is 29.7 Å². The first kappa shape index (κ1) is 13.1. The molecule has 0 radical (unpaired) electrons. The van der Waals surface area contributed by atoms with Crippen LogP contribution >= 0.6 is 0 Å².